The number of nitrogens with one attached hydrogen (secondary N) is 1. The van der Waals surface area contributed by atoms with E-state index in [0.29, 0.717) is 12.1 Å². The third kappa shape index (κ3) is 2.78. The monoisotopic (exact) mass is 286 g/mol. The molecule has 1 aliphatic rings. The first-order chi connectivity index (χ1) is 10.2. The van der Waals surface area contributed by atoms with Crippen LogP contribution in [0.5, 0.6) is 5.75 Å². The number of ether oxygens (including phenoxy) is 1. The maximum atomic E-state index is 5.33. The van der Waals surface area contributed by atoms with Gasteiger partial charge in [0.2, 0.25) is 0 Å². The summed E-state index contributed by atoms with van der Waals surface area (Å²) in [5.41, 5.74) is 2.72. The summed E-state index contributed by atoms with van der Waals surface area (Å²) >= 11 is 0. The third-order valence-corrected chi connectivity index (χ3v) is 4.03. The Morgan fingerprint density at radius 3 is 3.05 bits per heavy atom. The molecule has 1 N–H and O–H groups in total. The van der Waals surface area contributed by atoms with Crippen molar-refractivity contribution < 1.29 is 4.74 Å². The molecule has 0 radical (unpaired) electrons. The highest BCUT2D eigenvalue weighted by molar-refractivity contribution is 5.39. The minimum atomic E-state index is 0.293. The number of hydrogen-bond donors (Lipinski definition) is 1. The quantitative estimate of drug-likeness (QED) is 0.937. The van der Waals surface area contributed by atoms with Crippen LogP contribution in [0.4, 0.5) is 0 Å². The summed E-state index contributed by atoms with van der Waals surface area (Å²) in [7, 11) is 1.71. The van der Waals surface area contributed by atoms with E-state index in [1.807, 2.05) is 10.7 Å². The third-order valence-electron chi connectivity index (χ3n) is 4.03. The van der Waals surface area contributed by atoms with Crippen LogP contribution in [0.2, 0.25) is 0 Å². The van der Waals surface area contributed by atoms with E-state index in [-0.39, 0.29) is 0 Å². The molecule has 1 aromatic heterocycles. The topological polar surface area (TPSA) is 52.0 Å². The molecule has 21 heavy (non-hydrogen) atoms. The first-order valence-corrected chi connectivity index (χ1v) is 7.47. The summed E-state index contributed by atoms with van der Waals surface area (Å²) in [5, 5.41) is 7.92. The molecule has 5 heteroatoms. The Morgan fingerprint density at radius 2 is 2.29 bits per heavy atom. The lowest BCUT2D eigenvalue weighted by molar-refractivity contribution is 0.411. The fourth-order valence-electron chi connectivity index (χ4n) is 2.97. The van der Waals surface area contributed by atoms with Gasteiger partial charge in [-0.05, 0) is 50.1 Å². The van der Waals surface area contributed by atoms with E-state index < -0.39 is 0 Å². The average Bonchev–Trinajstić information content (AvgIpc) is 2.95. The van der Waals surface area contributed by atoms with Crippen LogP contribution in [0.25, 0.3) is 0 Å². The van der Waals surface area contributed by atoms with Gasteiger partial charge in [0.15, 0.2) is 0 Å². The zero-order valence-corrected chi connectivity index (χ0v) is 12.8. The molecule has 5 nitrogen and oxygen atoms in total. The van der Waals surface area contributed by atoms with E-state index in [0.717, 1.165) is 31.0 Å². The SMILES string of the molecule is COc1ccc2c(c1)CCNC2Cc1ncnn1C(C)C. The van der Waals surface area contributed by atoms with Crippen LogP contribution in [0.1, 0.15) is 42.9 Å². The van der Waals surface area contributed by atoms with Crippen LogP contribution in [-0.2, 0) is 12.8 Å². The Labute approximate surface area is 125 Å². The summed E-state index contributed by atoms with van der Waals surface area (Å²) in [4.78, 5) is 4.43. The van der Waals surface area contributed by atoms with Gasteiger partial charge in [-0.3, -0.25) is 0 Å². The summed E-state index contributed by atoms with van der Waals surface area (Å²) in [5.74, 6) is 1.96. The normalized spacial score (nSPS) is 17.8. The Hall–Kier alpha value is -1.88. The summed E-state index contributed by atoms with van der Waals surface area (Å²) in [6.07, 6.45) is 3.55. The molecule has 0 bridgehead atoms. The minimum Gasteiger partial charge on any atom is -0.497 e. The second-order valence-corrected chi connectivity index (χ2v) is 5.74. The molecular formula is C16H22N4O. The Balaban J connectivity index is 1.86. The van der Waals surface area contributed by atoms with E-state index >= 15 is 0 Å². The molecule has 0 saturated carbocycles. The molecule has 1 aliphatic heterocycles. The maximum absolute atomic E-state index is 5.33. The molecule has 1 aromatic carbocycles. The lowest BCUT2D eigenvalue weighted by Crippen LogP contribution is -2.32. The fraction of sp³-hybridized carbons (Fsp3) is 0.500. The van der Waals surface area contributed by atoms with Gasteiger partial charge in [-0.15, -0.1) is 0 Å². The smallest absolute Gasteiger partial charge is 0.138 e. The van der Waals surface area contributed by atoms with Crippen molar-refractivity contribution in [2.24, 2.45) is 0 Å². The first kappa shape index (κ1) is 14.1. The van der Waals surface area contributed by atoms with Crippen LogP contribution >= 0.6 is 0 Å². The largest absolute Gasteiger partial charge is 0.497 e. The highest BCUT2D eigenvalue weighted by Crippen LogP contribution is 2.28. The zero-order valence-electron chi connectivity index (χ0n) is 12.8. The lowest BCUT2D eigenvalue weighted by atomic mass is 9.92. The highest BCUT2D eigenvalue weighted by Gasteiger charge is 2.22. The maximum Gasteiger partial charge on any atom is 0.138 e. The molecule has 2 aromatic rings. The van der Waals surface area contributed by atoms with Gasteiger partial charge in [-0.25, -0.2) is 9.67 Å². The highest BCUT2D eigenvalue weighted by atomic mass is 16.5. The van der Waals surface area contributed by atoms with Crippen molar-refractivity contribution in [3.63, 3.8) is 0 Å². The second-order valence-electron chi connectivity index (χ2n) is 5.74. The molecule has 0 saturated heterocycles. The molecule has 1 atom stereocenters. The standard InChI is InChI=1S/C16H22N4O/c1-11(2)20-16(18-10-19-20)9-15-14-5-4-13(21-3)8-12(14)6-7-17-15/h4-5,8,10-11,15,17H,6-7,9H2,1-3H3. The van der Waals surface area contributed by atoms with Gasteiger partial charge < -0.3 is 10.1 Å². The van der Waals surface area contributed by atoms with E-state index in [2.05, 4.69) is 41.4 Å². The molecule has 0 spiro atoms. The summed E-state index contributed by atoms with van der Waals surface area (Å²) < 4.78 is 7.32. The van der Waals surface area contributed by atoms with Crippen LogP contribution < -0.4 is 10.1 Å². The van der Waals surface area contributed by atoms with Crippen molar-refractivity contribution in [2.45, 2.75) is 38.8 Å². The minimum absolute atomic E-state index is 0.293. The Kier molecular flexibility index (Phi) is 3.92. The number of aromatic nitrogens is 3. The summed E-state index contributed by atoms with van der Waals surface area (Å²) in [6.45, 7) is 5.25. The molecule has 112 valence electrons. The first-order valence-electron chi connectivity index (χ1n) is 7.47. The molecular weight excluding hydrogens is 264 g/mol. The van der Waals surface area contributed by atoms with Crippen LogP contribution in [-0.4, -0.2) is 28.4 Å². The van der Waals surface area contributed by atoms with Crippen molar-refractivity contribution in [1.29, 1.82) is 0 Å². The Morgan fingerprint density at radius 1 is 1.43 bits per heavy atom. The second kappa shape index (κ2) is 5.85. The molecule has 0 fully saturated rings. The lowest BCUT2D eigenvalue weighted by Gasteiger charge is -2.27. The van der Waals surface area contributed by atoms with Crippen molar-refractivity contribution in [2.75, 3.05) is 13.7 Å². The van der Waals surface area contributed by atoms with Crippen LogP contribution in [0.15, 0.2) is 24.5 Å². The van der Waals surface area contributed by atoms with Crippen LogP contribution in [0, 0.1) is 0 Å². The molecule has 1 unspecified atom stereocenters. The van der Waals surface area contributed by atoms with Crippen LogP contribution in [0.3, 0.4) is 0 Å². The van der Waals surface area contributed by atoms with E-state index in [9.17, 15) is 0 Å². The van der Waals surface area contributed by atoms with Gasteiger partial charge >= 0.3 is 0 Å². The zero-order chi connectivity index (χ0) is 14.8. The van der Waals surface area contributed by atoms with Gasteiger partial charge in [0.25, 0.3) is 0 Å². The molecule has 2 heterocycles. The van der Waals surface area contributed by atoms with E-state index in [1.165, 1.54) is 11.1 Å². The number of methoxy groups -OCH3 is 1. The van der Waals surface area contributed by atoms with Gasteiger partial charge in [0, 0.05) is 18.5 Å². The fourth-order valence-corrected chi connectivity index (χ4v) is 2.97. The van der Waals surface area contributed by atoms with Gasteiger partial charge in [0.1, 0.15) is 17.9 Å². The van der Waals surface area contributed by atoms with Crippen molar-refractivity contribution >= 4 is 0 Å². The van der Waals surface area contributed by atoms with E-state index in [4.69, 9.17) is 4.74 Å². The van der Waals surface area contributed by atoms with Gasteiger partial charge in [-0.1, -0.05) is 6.07 Å². The number of nitrogens with zero attached hydrogens (tertiary/aromatic N) is 3. The van der Waals surface area contributed by atoms with Gasteiger partial charge in [0.05, 0.1) is 7.11 Å². The summed E-state index contributed by atoms with van der Waals surface area (Å²) in [6, 6.07) is 6.98. The molecule has 0 aliphatic carbocycles. The molecule has 0 amide bonds. The number of rotatable bonds is 4. The molecule has 3 rings (SSSR count). The number of fused-ring (bicyclic) bond motifs is 1. The van der Waals surface area contributed by atoms with Gasteiger partial charge in [-0.2, -0.15) is 5.10 Å². The number of benzene rings is 1. The predicted octanol–water partition coefficient (Wildman–Crippen LogP) is 2.30. The average molecular weight is 286 g/mol. The Bertz CT molecular complexity index is 620. The predicted molar refractivity (Wildman–Crippen MR) is 81.6 cm³/mol. The van der Waals surface area contributed by atoms with Crippen molar-refractivity contribution in [3.05, 3.63) is 41.5 Å². The number of hydrogen-bond acceptors (Lipinski definition) is 4. The van der Waals surface area contributed by atoms with E-state index in [1.54, 1.807) is 13.4 Å². The van der Waals surface area contributed by atoms with Crippen molar-refractivity contribution in [1.82, 2.24) is 20.1 Å². The van der Waals surface area contributed by atoms with Crippen molar-refractivity contribution in [3.8, 4) is 5.75 Å².